The predicted molar refractivity (Wildman–Crippen MR) is 111 cm³/mol. The zero-order valence-electron chi connectivity index (χ0n) is 16.8. The van der Waals surface area contributed by atoms with Crippen molar-refractivity contribution in [1.29, 1.82) is 0 Å². The van der Waals surface area contributed by atoms with Gasteiger partial charge in [-0.2, -0.15) is 5.10 Å². The van der Waals surface area contributed by atoms with Gasteiger partial charge in [0, 0.05) is 42.9 Å². The Morgan fingerprint density at radius 2 is 2.03 bits per heavy atom. The van der Waals surface area contributed by atoms with Crippen LogP contribution in [0.3, 0.4) is 0 Å². The number of benzene rings is 1. The first-order chi connectivity index (χ1) is 14.5. The van der Waals surface area contributed by atoms with E-state index in [0.717, 1.165) is 18.8 Å². The number of hydrogen-bond donors (Lipinski definition) is 0. The van der Waals surface area contributed by atoms with Gasteiger partial charge in [0.15, 0.2) is 0 Å². The topological polar surface area (TPSA) is 78.1 Å². The highest BCUT2D eigenvalue weighted by Crippen LogP contribution is 2.27. The predicted octanol–water partition coefficient (Wildman–Crippen LogP) is 2.59. The molecule has 2 aromatic heterocycles. The van der Waals surface area contributed by atoms with Crippen LogP contribution in [0, 0.1) is 5.82 Å². The molecule has 8 nitrogen and oxygen atoms in total. The highest BCUT2D eigenvalue weighted by Gasteiger charge is 2.28. The highest BCUT2D eigenvalue weighted by atomic mass is 35.5. The molecule has 10 heteroatoms. The third-order valence-corrected chi connectivity index (χ3v) is 5.33. The van der Waals surface area contributed by atoms with Crippen LogP contribution in [0.15, 0.2) is 35.3 Å². The SMILES string of the molecule is CCOC1CN(c2cnn(Cc3c(-c4ccc(Cl)cc4F)nnn3CC)c(=O)c2)C1. The highest BCUT2D eigenvalue weighted by molar-refractivity contribution is 6.30. The van der Waals surface area contributed by atoms with E-state index >= 15 is 0 Å². The van der Waals surface area contributed by atoms with Crippen LogP contribution in [-0.2, 0) is 17.8 Å². The molecule has 1 aliphatic rings. The van der Waals surface area contributed by atoms with E-state index in [2.05, 4.69) is 15.4 Å². The van der Waals surface area contributed by atoms with Crippen LogP contribution < -0.4 is 10.5 Å². The summed E-state index contributed by atoms with van der Waals surface area (Å²) in [5.74, 6) is -0.496. The molecule has 0 atom stereocenters. The Hall–Kier alpha value is -2.78. The fraction of sp³-hybridized carbons (Fsp3) is 0.400. The summed E-state index contributed by atoms with van der Waals surface area (Å²) in [6, 6.07) is 5.94. The Bertz CT molecular complexity index is 1110. The number of hydrogen-bond acceptors (Lipinski definition) is 6. The standard InChI is InChI=1S/C20H22ClFN6O2/c1-3-27-18(20(24-25-27)16-6-5-13(21)7-17(16)22)12-28-19(29)8-14(9-23-28)26-10-15(11-26)30-4-2/h5-9,15H,3-4,10-12H2,1-2H3. The van der Waals surface area contributed by atoms with Crippen LogP contribution in [0.5, 0.6) is 0 Å². The minimum Gasteiger partial charge on any atom is -0.375 e. The largest absolute Gasteiger partial charge is 0.375 e. The molecule has 0 amide bonds. The maximum Gasteiger partial charge on any atom is 0.269 e. The molecule has 158 valence electrons. The van der Waals surface area contributed by atoms with Gasteiger partial charge in [-0.15, -0.1) is 5.10 Å². The number of nitrogens with zero attached hydrogens (tertiary/aromatic N) is 6. The molecule has 1 fully saturated rings. The molecule has 4 rings (SSSR count). The van der Waals surface area contributed by atoms with Crippen LogP contribution in [0.2, 0.25) is 5.02 Å². The molecule has 1 aromatic carbocycles. The van der Waals surface area contributed by atoms with Gasteiger partial charge in [-0.25, -0.2) is 13.8 Å². The molecule has 0 radical (unpaired) electrons. The molecule has 3 aromatic rings. The second-order valence-corrected chi connectivity index (χ2v) is 7.45. The first-order valence-electron chi connectivity index (χ1n) is 9.81. The van der Waals surface area contributed by atoms with Gasteiger partial charge in [0.2, 0.25) is 0 Å². The van der Waals surface area contributed by atoms with Gasteiger partial charge >= 0.3 is 0 Å². The number of rotatable bonds is 7. The van der Waals surface area contributed by atoms with E-state index in [4.69, 9.17) is 16.3 Å². The lowest BCUT2D eigenvalue weighted by Gasteiger charge is -2.40. The average molecular weight is 433 g/mol. The molecule has 1 aliphatic heterocycles. The van der Waals surface area contributed by atoms with Crippen molar-refractivity contribution in [1.82, 2.24) is 24.8 Å². The smallest absolute Gasteiger partial charge is 0.269 e. The summed E-state index contributed by atoms with van der Waals surface area (Å²) in [5.41, 5.74) is 1.76. The first kappa shape index (κ1) is 20.5. The molecule has 0 aliphatic carbocycles. The average Bonchev–Trinajstić information content (AvgIpc) is 3.08. The normalized spacial score (nSPS) is 14.2. The van der Waals surface area contributed by atoms with E-state index in [0.29, 0.717) is 29.6 Å². The van der Waals surface area contributed by atoms with Crippen molar-refractivity contribution in [2.75, 3.05) is 24.6 Å². The number of aryl methyl sites for hydroxylation is 1. The molecule has 0 N–H and O–H groups in total. The quantitative estimate of drug-likeness (QED) is 0.571. The molecular weight excluding hydrogens is 411 g/mol. The summed E-state index contributed by atoms with van der Waals surface area (Å²) in [7, 11) is 0. The van der Waals surface area contributed by atoms with Crippen molar-refractivity contribution in [2.24, 2.45) is 0 Å². The monoisotopic (exact) mass is 432 g/mol. The summed E-state index contributed by atoms with van der Waals surface area (Å²) in [6.45, 7) is 6.67. The van der Waals surface area contributed by atoms with E-state index in [-0.39, 0.29) is 23.8 Å². The zero-order valence-corrected chi connectivity index (χ0v) is 17.5. The lowest BCUT2D eigenvalue weighted by Crippen LogP contribution is -2.52. The summed E-state index contributed by atoms with van der Waals surface area (Å²) >= 11 is 5.86. The first-order valence-corrected chi connectivity index (χ1v) is 10.2. The Kier molecular flexibility index (Phi) is 5.83. The third-order valence-electron chi connectivity index (χ3n) is 5.09. The lowest BCUT2D eigenvalue weighted by molar-refractivity contribution is 0.0430. The van der Waals surface area contributed by atoms with Crippen LogP contribution in [0.25, 0.3) is 11.3 Å². The number of anilines is 1. The van der Waals surface area contributed by atoms with Crippen LogP contribution >= 0.6 is 11.6 Å². The molecule has 0 saturated carbocycles. The fourth-order valence-corrected chi connectivity index (χ4v) is 3.64. The van der Waals surface area contributed by atoms with E-state index in [9.17, 15) is 9.18 Å². The number of ether oxygens (including phenoxy) is 1. The zero-order chi connectivity index (χ0) is 21.3. The molecular formula is C20H22ClFN6O2. The minimum atomic E-state index is -0.496. The van der Waals surface area contributed by atoms with Gasteiger partial charge in [-0.1, -0.05) is 16.8 Å². The minimum absolute atomic E-state index is 0.124. The summed E-state index contributed by atoms with van der Waals surface area (Å²) in [6.07, 6.45) is 1.85. The Balaban J connectivity index is 1.60. The number of aromatic nitrogens is 5. The van der Waals surface area contributed by atoms with Crippen molar-refractivity contribution in [3.8, 4) is 11.3 Å². The van der Waals surface area contributed by atoms with Gasteiger partial charge in [-0.3, -0.25) is 4.79 Å². The Morgan fingerprint density at radius 3 is 2.70 bits per heavy atom. The maximum absolute atomic E-state index is 14.5. The molecule has 30 heavy (non-hydrogen) atoms. The molecule has 0 bridgehead atoms. The second-order valence-electron chi connectivity index (χ2n) is 7.02. The molecule has 3 heterocycles. The summed E-state index contributed by atoms with van der Waals surface area (Å²) < 4.78 is 23.0. The van der Waals surface area contributed by atoms with Crippen molar-refractivity contribution >= 4 is 17.3 Å². The van der Waals surface area contributed by atoms with Gasteiger partial charge in [0.25, 0.3) is 5.56 Å². The Labute approximate surface area is 177 Å². The van der Waals surface area contributed by atoms with Gasteiger partial charge < -0.3 is 9.64 Å². The summed E-state index contributed by atoms with van der Waals surface area (Å²) in [5, 5.41) is 12.8. The van der Waals surface area contributed by atoms with Gasteiger partial charge in [-0.05, 0) is 32.0 Å². The lowest BCUT2D eigenvalue weighted by atomic mass is 10.1. The van der Waals surface area contributed by atoms with Crippen LogP contribution in [-0.4, -0.2) is 50.6 Å². The molecule has 0 unspecified atom stereocenters. The number of halogens is 2. The van der Waals surface area contributed by atoms with Crippen LogP contribution in [0.4, 0.5) is 10.1 Å². The van der Waals surface area contributed by atoms with Crippen molar-refractivity contribution < 1.29 is 9.13 Å². The van der Waals surface area contributed by atoms with E-state index < -0.39 is 5.82 Å². The maximum atomic E-state index is 14.5. The van der Waals surface area contributed by atoms with Crippen molar-refractivity contribution in [2.45, 2.75) is 33.0 Å². The fourth-order valence-electron chi connectivity index (χ4n) is 3.48. The third kappa shape index (κ3) is 3.95. The Morgan fingerprint density at radius 1 is 1.23 bits per heavy atom. The molecule has 1 saturated heterocycles. The summed E-state index contributed by atoms with van der Waals surface area (Å²) in [4.78, 5) is 14.7. The van der Waals surface area contributed by atoms with Gasteiger partial charge in [0.05, 0.1) is 30.2 Å². The second kappa shape index (κ2) is 8.53. The van der Waals surface area contributed by atoms with Crippen molar-refractivity contribution in [3.05, 3.63) is 57.3 Å². The van der Waals surface area contributed by atoms with E-state index in [1.807, 2.05) is 18.7 Å². The van der Waals surface area contributed by atoms with Crippen molar-refractivity contribution in [3.63, 3.8) is 0 Å². The van der Waals surface area contributed by atoms with Gasteiger partial charge in [0.1, 0.15) is 11.5 Å². The van der Waals surface area contributed by atoms with Crippen LogP contribution in [0.1, 0.15) is 19.5 Å². The molecule has 0 spiro atoms. The van der Waals surface area contributed by atoms with E-state index in [1.165, 1.54) is 10.7 Å². The van der Waals surface area contributed by atoms with E-state index in [1.54, 1.807) is 29.1 Å².